The molecule has 0 aliphatic carbocycles. The first-order chi connectivity index (χ1) is 10.2. The van der Waals surface area contributed by atoms with Crippen LogP contribution < -0.4 is 5.43 Å². The number of benzene rings is 1. The summed E-state index contributed by atoms with van der Waals surface area (Å²) in [5.41, 5.74) is 0.784. The van der Waals surface area contributed by atoms with Crippen LogP contribution in [0.2, 0.25) is 0 Å². The van der Waals surface area contributed by atoms with Crippen LogP contribution in [-0.4, -0.2) is 34.2 Å². The zero-order chi connectivity index (χ0) is 14.8. The Labute approximate surface area is 122 Å². The van der Waals surface area contributed by atoms with Crippen molar-refractivity contribution in [3.05, 3.63) is 46.0 Å². The number of nitrogens with zero attached hydrogens (tertiary/aromatic N) is 1. The van der Waals surface area contributed by atoms with E-state index in [1.54, 1.807) is 12.1 Å². The molecular weight excluding hydrogens is 271 g/mol. The molecule has 21 heavy (non-hydrogen) atoms. The van der Waals surface area contributed by atoms with Gasteiger partial charge in [-0.1, -0.05) is 12.5 Å². The number of aromatic amines is 1. The minimum Gasteiger partial charge on any atom is -0.395 e. The molecule has 1 aromatic carbocycles. The number of hydrogen-bond acceptors (Lipinski definition) is 3. The van der Waals surface area contributed by atoms with E-state index >= 15 is 0 Å². The summed E-state index contributed by atoms with van der Waals surface area (Å²) in [4.78, 5) is 17.3. The van der Waals surface area contributed by atoms with Crippen molar-refractivity contribution in [3.8, 4) is 0 Å². The lowest BCUT2D eigenvalue weighted by Gasteiger charge is -2.34. The minimum atomic E-state index is -0.413. The van der Waals surface area contributed by atoms with Crippen LogP contribution >= 0.6 is 0 Å². The molecule has 0 bridgehead atoms. The molecule has 1 aliphatic heterocycles. The van der Waals surface area contributed by atoms with Gasteiger partial charge in [0.1, 0.15) is 5.82 Å². The minimum absolute atomic E-state index is 0.117. The molecular formula is C16H19FN2O2. The number of likely N-dealkylation sites (tertiary alicyclic amines) is 1. The molecule has 5 heteroatoms. The Bertz CT molecular complexity index is 698. The van der Waals surface area contributed by atoms with Crippen molar-refractivity contribution in [2.24, 2.45) is 0 Å². The summed E-state index contributed by atoms with van der Waals surface area (Å²) in [6.07, 6.45) is 3.16. The van der Waals surface area contributed by atoms with Gasteiger partial charge in [-0.25, -0.2) is 4.39 Å². The molecule has 0 spiro atoms. The van der Waals surface area contributed by atoms with E-state index in [2.05, 4.69) is 9.88 Å². The van der Waals surface area contributed by atoms with Gasteiger partial charge >= 0.3 is 0 Å². The SMILES string of the molecule is O=c1cc(CN2CCCC[C@H]2CO)[nH]c2c(F)cccc12. The molecule has 1 atom stereocenters. The van der Waals surface area contributed by atoms with Gasteiger partial charge in [-0.05, 0) is 31.5 Å². The van der Waals surface area contributed by atoms with Gasteiger partial charge in [-0.2, -0.15) is 0 Å². The van der Waals surface area contributed by atoms with Gasteiger partial charge in [0.25, 0.3) is 0 Å². The molecule has 0 amide bonds. The standard InChI is InChI=1S/C16H19FN2O2/c17-14-6-3-5-13-15(21)8-11(18-16(13)14)9-19-7-2-1-4-12(19)10-20/h3,5-6,8,12,20H,1-2,4,7,9-10H2,(H,18,21)/t12-/m0/s1. The van der Waals surface area contributed by atoms with E-state index in [1.165, 1.54) is 12.1 Å². The lowest BCUT2D eigenvalue weighted by atomic mass is 10.0. The molecule has 2 N–H and O–H groups in total. The second-order valence-electron chi connectivity index (χ2n) is 5.62. The number of aliphatic hydroxyl groups is 1. The van der Waals surface area contributed by atoms with Crippen molar-refractivity contribution in [2.75, 3.05) is 13.2 Å². The molecule has 0 radical (unpaired) electrons. The third-order valence-electron chi connectivity index (χ3n) is 4.20. The first-order valence-corrected chi connectivity index (χ1v) is 7.34. The highest BCUT2D eigenvalue weighted by Crippen LogP contribution is 2.19. The molecule has 2 aromatic rings. The third kappa shape index (κ3) is 2.84. The van der Waals surface area contributed by atoms with Gasteiger partial charge in [0.05, 0.1) is 12.1 Å². The van der Waals surface area contributed by atoms with Gasteiger partial charge in [-0.15, -0.1) is 0 Å². The number of H-pyrrole nitrogens is 1. The summed E-state index contributed by atoms with van der Waals surface area (Å²) in [5.74, 6) is -0.413. The van der Waals surface area contributed by atoms with E-state index in [4.69, 9.17) is 0 Å². The van der Waals surface area contributed by atoms with Crippen molar-refractivity contribution >= 4 is 10.9 Å². The third-order valence-corrected chi connectivity index (χ3v) is 4.20. The Balaban J connectivity index is 1.94. The summed E-state index contributed by atoms with van der Waals surface area (Å²) in [6.45, 7) is 1.54. The largest absolute Gasteiger partial charge is 0.395 e. The van der Waals surface area contributed by atoms with Crippen molar-refractivity contribution in [2.45, 2.75) is 31.8 Å². The quantitative estimate of drug-likeness (QED) is 0.909. The second-order valence-corrected chi connectivity index (χ2v) is 5.62. The highest BCUT2D eigenvalue weighted by molar-refractivity contribution is 5.78. The van der Waals surface area contributed by atoms with Crippen LogP contribution in [0.1, 0.15) is 25.0 Å². The molecule has 1 aromatic heterocycles. The van der Waals surface area contributed by atoms with Crippen molar-refractivity contribution in [3.63, 3.8) is 0 Å². The van der Waals surface area contributed by atoms with E-state index in [9.17, 15) is 14.3 Å². The van der Waals surface area contributed by atoms with Crippen LogP contribution in [0.5, 0.6) is 0 Å². The Kier molecular flexibility index (Phi) is 4.03. The van der Waals surface area contributed by atoms with E-state index in [0.717, 1.165) is 25.8 Å². The van der Waals surface area contributed by atoms with E-state index in [0.29, 0.717) is 17.6 Å². The summed E-state index contributed by atoms with van der Waals surface area (Å²) < 4.78 is 13.8. The lowest BCUT2D eigenvalue weighted by molar-refractivity contribution is 0.0831. The molecule has 1 fully saturated rings. The number of aromatic nitrogens is 1. The number of hydrogen-bond donors (Lipinski definition) is 2. The van der Waals surface area contributed by atoms with E-state index < -0.39 is 5.82 Å². The Hall–Kier alpha value is -1.72. The maximum atomic E-state index is 13.8. The number of halogens is 1. The zero-order valence-corrected chi connectivity index (χ0v) is 11.8. The fourth-order valence-electron chi connectivity index (χ4n) is 3.07. The van der Waals surface area contributed by atoms with Crippen molar-refractivity contribution < 1.29 is 9.50 Å². The van der Waals surface area contributed by atoms with Crippen LogP contribution in [0.15, 0.2) is 29.1 Å². The van der Waals surface area contributed by atoms with Gasteiger partial charge in [0, 0.05) is 29.7 Å². The number of pyridine rings is 1. The van der Waals surface area contributed by atoms with Crippen LogP contribution in [0.4, 0.5) is 4.39 Å². The smallest absolute Gasteiger partial charge is 0.189 e. The molecule has 112 valence electrons. The molecule has 1 aliphatic rings. The number of nitrogens with one attached hydrogen (secondary N) is 1. The van der Waals surface area contributed by atoms with Crippen LogP contribution in [0.25, 0.3) is 10.9 Å². The van der Waals surface area contributed by atoms with Crippen LogP contribution in [0.3, 0.4) is 0 Å². The summed E-state index contributed by atoms with van der Waals surface area (Å²) in [6, 6.07) is 6.17. The van der Waals surface area contributed by atoms with Crippen LogP contribution in [-0.2, 0) is 6.54 Å². The lowest BCUT2D eigenvalue weighted by Crippen LogP contribution is -2.41. The first kappa shape index (κ1) is 14.2. The summed E-state index contributed by atoms with van der Waals surface area (Å²) >= 11 is 0. The van der Waals surface area contributed by atoms with Crippen molar-refractivity contribution in [1.29, 1.82) is 0 Å². The predicted molar refractivity (Wildman–Crippen MR) is 79.7 cm³/mol. The fourth-order valence-corrected chi connectivity index (χ4v) is 3.07. The van der Waals surface area contributed by atoms with Gasteiger partial charge < -0.3 is 10.1 Å². The summed E-state index contributed by atoms with van der Waals surface area (Å²) in [7, 11) is 0. The summed E-state index contributed by atoms with van der Waals surface area (Å²) in [5, 5.41) is 9.81. The second kappa shape index (κ2) is 5.95. The van der Waals surface area contributed by atoms with Crippen LogP contribution in [0, 0.1) is 5.82 Å². The average Bonchev–Trinajstić information content (AvgIpc) is 2.49. The van der Waals surface area contributed by atoms with Gasteiger partial charge in [0.15, 0.2) is 5.43 Å². The van der Waals surface area contributed by atoms with E-state index in [1.807, 2.05) is 0 Å². The molecule has 3 rings (SSSR count). The molecule has 4 nitrogen and oxygen atoms in total. The number of aliphatic hydroxyl groups excluding tert-OH is 1. The zero-order valence-electron chi connectivity index (χ0n) is 11.8. The van der Waals surface area contributed by atoms with Gasteiger partial charge in [-0.3, -0.25) is 9.69 Å². The van der Waals surface area contributed by atoms with Crippen molar-refractivity contribution in [1.82, 2.24) is 9.88 Å². The van der Waals surface area contributed by atoms with E-state index in [-0.39, 0.29) is 23.6 Å². The topological polar surface area (TPSA) is 56.3 Å². The molecule has 2 heterocycles. The molecule has 0 saturated carbocycles. The Morgan fingerprint density at radius 2 is 2.24 bits per heavy atom. The highest BCUT2D eigenvalue weighted by Gasteiger charge is 2.22. The average molecular weight is 290 g/mol. The van der Waals surface area contributed by atoms with Gasteiger partial charge in [0.2, 0.25) is 0 Å². The fraction of sp³-hybridized carbons (Fsp3) is 0.438. The number of piperidine rings is 1. The highest BCUT2D eigenvalue weighted by atomic mass is 19.1. The monoisotopic (exact) mass is 290 g/mol. The predicted octanol–water partition coefficient (Wildman–Crippen LogP) is 2.01. The Morgan fingerprint density at radius 3 is 3.05 bits per heavy atom. The normalized spacial score (nSPS) is 20.0. The maximum absolute atomic E-state index is 13.8. The number of para-hydroxylation sites is 1. The molecule has 1 saturated heterocycles. The first-order valence-electron chi connectivity index (χ1n) is 7.34. The Morgan fingerprint density at radius 1 is 1.38 bits per heavy atom. The molecule has 0 unspecified atom stereocenters. The maximum Gasteiger partial charge on any atom is 0.189 e. The number of rotatable bonds is 3. The number of fused-ring (bicyclic) bond motifs is 1.